The number of ether oxygens (including phenoxy) is 3. The van der Waals surface area contributed by atoms with Crippen molar-refractivity contribution in [2.75, 3.05) is 23.6 Å². The molecule has 0 saturated carbocycles. The minimum absolute atomic E-state index is 0.114. The van der Waals surface area contributed by atoms with Gasteiger partial charge in [0.2, 0.25) is 12.7 Å². The Morgan fingerprint density at radius 3 is 2.72 bits per heavy atom. The number of rotatable bonds is 5. The maximum Gasteiger partial charge on any atom is 0.271 e. The second kappa shape index (κ2) is 7.30. The number of non-ortho nitro benzene ring substituents is 1. The summed E-state index contributed by atoms with van der Waals surface area (Å²) in [5.41, 5.74) is 0.470. The highest BCUT2D eigenvalue weighted by atomic mass is 16.7. The van der Waals surface area contributed by atoms with Crippen LogP contribution in [0.15, 0.2) is 36.4 Å². The molecule has 1 atom stereocenters. The molecule has 1 N–H and O–H groups in total. The molecule has 1 unspecified atom stereocenters. The van der Waals surface area contributed by atoms with E-state index in [9.17, 15) is 19.7 Å². The number of hydrogen-bond donors (Lipinski definition) is 1. The van der Waals surface area contributed by atoms with Gasteiger partial charge in [-0.15, -0.1) is 0 Å². The zero-order valence-electron chi connectivity index (χ0n) is 15.4. The summed E-state index contributed by atoms with van der Waals surface area (Å²) < 4.78 is 16.1. The SMILES string of the molecule is CCC1Oc2ccc([N+](=O)[O-])cc2N(CC(=O)Nc2ccc3c(c2)OCO3)C1=O. The third-order valence-electron chi connectivity index (χ3n) is 4.58. The molecule has 29 heavy (non-hydrogen) atoms. The largest absolute Gasteiger partial charge is 0.478 e. The standard InChI is InChI=1S/C19H17N3O7/c1-2-14-19(24)21(13-8-12(22(25)26)4-6-15(13)29-14)9-18(23)20-11-3-5-16-17(7-11)28-10-27-16/h3-8,14H,2,9-10H2,1H3,(H,20,23). The number of nitro benzene ring substituents is 1. The highest BCUT2D eigenvalue weighted by Crippen LogP contribution is 2.38. The molecule has 0 fully saturated rings. The average Bonchev–Trinajstić information content (AvgIpc) is 3.17. The van der Waals surface area contributed by atoms with Crippen LogP contribution in [0.1, 0.15) is 13.3 Å². The summed E-state index contributed by atoms with van der Waals surface area (Å²) in [5.74, 6) is 0.515. The minimum Gasteiger partial charge on any atom is -0.478 e. The van der Waals surface area contributed by atoms with E-state index in [1.807, 2.05) is 0 Å². The van der Waals surface area contributed by atoms with Crippen molar-refractivity contribution in [3.8, 4) is 17.2 Å². The van der Waals surface area contributed by atoms with Gasteiger partial charge in [-0.1, -0.05) is 6.92 Å². The van der Waals surface area contributed by atoms with E-state index < -0.39 is 22.8 Å². The van der Waals surface area contributed by atoms with Gasteiger partial charge in [0.1, 0.15) is 12.3 Å². The quantitative estimate of drug-likeness (QED) is 0.606. The van der Waals surface area contributed by atoms with Gasteiger partial charge in [0.15, 0.2) is 17.6 Å². The molecule has 10 nitrogen and oxygen atoms in total. The van der Waals surface area contributed by atoms with Gasteiger partial charge in [-0.3, -0.25) is 24.6 Å². The number of carbonyl (C=O) groups is 2. The number of hydrogen-bond acceptors (Lipinski definition) is 7. The number of amides is 2. The lowest BCUT2D eigenvalue weighted by Crippen LogP contribution is -2.48. The van der Waals surface area contributed by atoms with Crippen molar-refractivity contribution < 1.29 is 28.7 Å². The summed E-state index contributed by atoms with van der Waals surface area (Å²) >= 11 is 0. The van der Waals surface area contributed by atoms with Crippen LogP contribution in [0.3, 0.4) is 0 Å². The van der Waals surface area contributed by atoms with E-state index in [1.165, 1.54) is 23.1 Å². The highest BCUT2D eigenvalue weighted by molar-refractivity contribution is 6.06. The van der Waals surface area contributed by atoms with Crippen LogP contribution in [0, 0.1) is 10.1 Å². The van der Waals surface area contributed by atoms with Gasteiger partial charge in [0, 0.05) is 23.9 Å². The molecule has 0 saturated heterocycles. The number of benzene rings is 2. The second-order valence-electron chi connectivity index (χ2n) is 6.46. The van der Waals surface area contributed by atoms with Crippen LogP contribution in [-0.2, 0) is 9.59 Å². The lowest BCUT2D eigenvalue weighted by Gasteiger charge is -2.33. The van der Waals surface area contributed by atoms with Gasteiger partial charge < -0.3 is 19.5 Å². The Morgan fingerprint density at radius 1 is 1.21 bits per heavy atom. The van der Waals surface area contributed by atoms with Gasteiger partial charge in [-0.2, -0.15) is 0 Å². The van der Waals surface area contributed by atoms with Gasteiger partial charge in [0.05, 0.1) is 10.6 Å². The predicted octanol–water partition coefficient (Wildman–Crippen LogP) is 2.47. The van der Waals surface area contributed by atoms with E-state index in [0.717, 1.165) is 0 Å². The van der Waals surface area contributed by atoms with Crippen molar-refractivity contribution >= 4 is 28.9 Å². The van der Waals surface area contributed by atoms with Crippen molar-refractivity contribution in [3.63, 3.8) is 0 Å². The third-order valence-corrected chi connectivity index (χ3v) is 4.58. The summed E-state index contributed by atoms with van der Waals surface area (Å²) in [6.07, 6.45) is -0.363. The first kappa shape index (κ1) is 18.5. The lowest BCUT2D eigenvalue weighted by atomic mass is 10.1. The number of carbonyl (C=O) groups excluding carboxylic acids is 2. The number of anilines is 2. The van der Waals surface area contributed by atoms with E-state index in [0.29, 0.717) is 29.4 Å². The van der Waals surface area contributed by atoms with Crippen LogP contribution in [0.5, 0.6) is 17.2 Å². The van der Waals surface area contributed by atoms with Crippen LogP contribution < -0.4 is 24.4 Å². The monoisotopic (exact) mass is 399 g/mol. The highest BCUT2D eigenvalue weighted by Gasteiger charge is 2.35. The Morgan fingerprint density at radius 2 is 1.97 bits per heavy atom. The summed E-state index contributed by atoms with van der Waals surface area (Å²) in [6, 6.07) is 8.91. The number of nitrogens with zero attached hydrogens (tertiary/aromatic N) is 2. The van der Waals surface area contributed by atoms with Crippen molar-refractivity contribution in [1.82, 2.24) is 0 Å². The molecule has 0 aromatic heterocycles. The molecule has 2 aliphatic rings. The van der Waals surface area contributed by atoms with Crippen LogP contribution in [0.25, 0.3) is 0 Å². The molecule has 4 rings (SSSR count). The normalized spacial score (nSPS) is 16.8. The van der Waals surface area contributed by atoms with Gasteiger partial charge in [-0.05, 0) is 24.6 Å². The third kappa shape index (κ3) is 3.51. The maximum atomic E-state index is 12.8. The summed E-state index contributed by atoms with van der Waals surface area (Å²) in [5, 5.41) is 13.8. The van der Waals surface area contributed by atoms with E-state index in [2.05, 4.69) is 5.32 Å². The summed E-state index contributed by atoms with van der Waals surface area (Å²) in [7, 11) is 0. The fraction of sp³-hybridized carbons (Fsp3) is 0.263. The smallest absolute Gasteiger partial charge is 0.271 e. The number of nitro groups is 1. The van der Waals surface area contributed by atoms with Crippen LogP contribution in [0.2, 0.25) is 0 Å². The first-order valence-corrected chi connectivity index (χ1v) is 8.92. The molecule has 2 aliphatic heterocycles. The Balaban J connectivity index is 1.57. The number of nitrogens with one attached hydrogen (secondary N) is 1. The van der Waals surface area contributed by atoms with Crippen molar-refractivity contribution in [1.29, 1.82) is 0 Å². The first-order chi connectivity index (χ1) is 14.0. The lowest BCUT2D eigenvalue weighted by molar-refractivity contribution is -0.384. The second-order valence-corrected chi connectivity index (χ2v) is 6.46. The molecule has 2 heterocycles. The molecule has 2 aromatic rings. The molecule has 10 heteroatoms. The van der Waals surface area contributed by atoms with E-state index in [4.69, 9.17) is 14.2 Å². The minimum atomic E-state index is -0.762. The fourth-order valence-electron chi connectivity index (χ4n) is 3.17. The molecular formula is C19H17N3O7. The molecule has 0 bridgehead atoms. The average molecular weight is 399 g/mol. The maximum absolute atomic E-state index is 12.8. The molecule has 2 amide bonds. The Kier molecular flexibility index (Phi) is 4.67. The van der Waals surface area contributed by atoms with Crippen LogP contribution in [0.4, 0.5) is 17.1 Å². The molecule has 0 radical (unpaired) electrons. The van der Waals surface area contributed by atoms with Crippen molar-refractivity contribution in [2.24, 2.45) is 0 Å². The van der Waals surface area contributed by atoms with Gasteiger partial charge >= 0.3 is 0 Å². The van der Waals surface area contributed by atoms with Crippen molar-refractivity contribution in [3.05, 3.63) is 46.5 Å². The predicted molar refractivity (Wildman–Crippen MR) is 101 cm³/mol. The zero-order valence-corrected chi connectivity index (χ0v) is 15.4. The molecule has 2 aromatic carbocycles. The summed E-state index contributed by atoms with van der Waals surface area (Å²) in [4.78, 5) is 37.1. The van der Waals surface area contributed by atoms with E-state index >= 15 is 0 Å². The Bertz CT molecular complexity index is 1010. The van der Waals surface area contributed by atoms with E-state index in [1.54, 1.807) is 25.1 Å². The van der Waals surface area contributed by atoms with Crippen molar-refractivity contribution in [2.45, 2.75) is 19.4 Å². The van der Waals surface area contributed by atoms with Gasteiger partial charge in [0.25, 0.3) is 11.6 Å². The van der Waals surface area contributed by atoms with Gasteiger partial charge in [-0.25, -0.2) is 0 Å². The van der Waals surface area contributed by atoms with Crippen LogP contribution in [-0.4, -0.2) is 36.2 Å². The fourth-order valence-corrected chi connectivity index (χ4v) is 3.17. The van der Waals surface area contributed by atoms with Crippen LogP contribution >= 0.6 is 0 Å². The molecule has 0 aliphatic carbocycles. The Hall–Kier alpha value is -3.82. The topological polar surface area (TPSA) is 120 Å². The summed E-state index contributed by atoms with van der Waals surface area (Å²) in [6.45, 7) is 1.58. The Labute approximate surface area is 165 Å². The molecule has 150 valence electrons. The van der Waals surface area contributed by atoms with E-state index in [-0.39, 0.29) is 24.7 Å². The zero-order chi connectivity index (χ0) is 20.5. The molecular weight excluding hydrogens is 382 g/mol. The number of fused-ring (bicyclic) bond motifs is 2. The molecule has 0 spiro atoms. The first-order valence-electron chi connectivity index (χ1n) is 8.92.